The van der Waals surface area contributed by atoms with Crippen LogP contribution in [-0.4, -0.2) is 66.5 Å². The van der Waals surface area contributed by atoms with Crippen LogP contribution in [0.25, 0.3) is 0 Å². The lowest BCUT2D eigenvalue weighted by atomic mass is 10.1. The van der Waals surface area contributed by atoms with Crippen molar-refractivity contribution in [3.8, 4) is 5.75 Å². The first-order valence-electron chi connectivity index (χ1n) is 10.3. The molecule has 8 heteroatoms. The summed E-state index contributed by atoms with van der Waals surface area (Å²) in [5.41, 5.74) is 0.838. The zero-order chi connectivity index (χ0) is 20.8. The van der Waals surface area contributed by atoms with E-state index in [0.29, 0.717) is 19.0 Å². The maximum atomic E-state index is 12.6. The number of ether oxygens (including phenoxy) is 1. The van der Waals surface area contributed by atoms with Gasteiger partial charge in [-0.25, -0.2) is 4.79 Å². The van der Waals surface area contributed by atoms with Crippen molar-refractivity contribution in [2.45, 2.75) is 51.2 Å². The number of methoxy groups -OCH3 is 1. The third kappa shape index (κ3) is 5.26. The number of nitrogens with one attached hydrogen (secondary N) is 2. The summed E-state index contributed by atoms with van der Waals surface area (Å²) in [5.74, 6) is 0.352. The van der Waals surface area contributed by atoms with E-state index in [-0.39, 0.29) is 24.8 Å². The molecule has 0 unspecified atom stereocenters. The van der Waals surface area contributed by atoms with Gasteiger partial charge in [0.1, 0.15) is 11.8 Å². The minimum Gasteiger partial charge on any atom is -0.497 e. The molecule has 29 heavy (non-hydrogen) atoms. The number of carbonyl (C=O) groups is 3. The Balaban J connectivity index is 1.44. The Morgan fingerprint density at radius 2 is 2.03 bits per heavy atom. The average Bonchev–Trinajstić information content (AvgIpc) is 3.30. The van der Waals surface area contributed by atoms with Crippen LogP contribution < -0.4 is 15.4 Å². The highest BCUT2D eigenvalue weighted by Gasteiger charge is 2.37. The van der Waals surface area contributed by atoms with Gasteiger partial charge in [0, 0.05) is 19.0 Å². The number of hydrogen-bond acceptors (Lipinski definition) is 5. The molecule has 2 fully saturated rings. The van der Waals surface area contributed by atoms with Gasteiger partial charge in [0.25, 0.3) is 5.91 Å². The first-order valence-corrected chi connectivity index (χ1v) is 10.3. The summed E-state index contributed by atoms with van der Waals surface area (Å²) >= 11 is 0. The second-order valence-corrected chi connectivity index (χ2v) is 7.54. The molecule has 4 amide bonds. The Kier molecular flexibility index (Phi) is 7.09. The molecule has 1 aromatic rings. The maximum absolute atomic E-state index is 12.6. The van der Waals surface area contributed by atoms with Crippen molar-refractivity contribution >= 4 is 17.8 Å². The van der Waals surface area contributed by atoms with E-state index in [2.05, 4.69) is 22.5 Å². The number of nitrogens with zero attached hydrogens (tertiary/aromatic N) is 2. The third-order valence-electron chi connectivity index (χ3n) is 5.71. The van der Waals surface area contributed by atoms with Crippen molar-refractivity contribution in [3.63, 3.8) is 0 Å². The Bertz CT molecular complexity index is 737. The Morgan fingerprint density at radius 3 is 2.72 bits per heavy atom. The number of likely N-dealkylation sites (tertiary alicyclic amines) is 1. The fourth-order valence-electron chi connectivity index (χ4n) is 3.97. The van der Waals surface area contributed by atoms with E-state index in [4.69, 9.17) is 4.74 Å². The van der Waals surface area contributed by atoms with E-state index in [1.54, 1.807) is 19.2 Å². The van der Waals surface area contributed by atoms with Crippen LogP contribution in [0, 0.1) is 0 Å². The van der Waals surface area contributed by atoms with Crippen LogP contribution in [0.5, 0.6) is 5.75 Å². The molecule has 2 saturated heterocycles. The molecule has 158 valence electrons. The summed E-state index contributed by atoms with van der Waals surface area (Å²) in [7, 11) is 1.58. The van der Waals surface area contributed by atoms with E-state index < -0.39 is 12.1 Å². The smallest absolute Gasteiger partial charge is 0.325 e. The van der Waals surface area contributed by atoms with Crippen LogP contribution in [0.15, 0.2) is 24.3 Å². The minimum atomic E-state index is -0.648. The third-order valence-corrected chi connectivity index (χ3v) is 5.71. The molecule has 1 aromatic carbocycles. The Hall–Kier alpha value is -2.61. The average molecular weight is 402 g/mol. The highest BCUT2D eigenvalue weighted by molar-refractivity contribution is 6.04. The number of likely N-dealkylation sites (N-methyl/N-ethyl adjacent to an activating group) is 1. The molecule has 0 bridgehead atoms. The van der Waals surface area contributed by atoms with Gasteiger partial charge in [-0.05, 0) is 50.0 Å². The van der Waals surface area contributed by atoms with Crippen LogP contribution in [0.3, 0.4) is 0 Å². The molecule has 0 aliphatic carbocycles. The lowest BCUT2D eigenvalue weighted by molar-refractivity contribution is -0.128. The number of rotatable bonds is 9. The summed E-state index contributed by atoms with van der Waals surface area (Å²) < 4.78 is 5.12. The van der Waals surface area contributed by atoms with Gasteiger partial charge in [-0.1, -0.05) is 19.1 Å². The van der Waals surface area contributed by atoms with Crippen molar-refractivity contribution in [3.05, 3.63) is 29.8 Å². The van der Waals surface area contributed by atoms with Gasteiger partial charge >= 0.3 is 6.03 Å². The molecule has 2 N–H and O–H groups in total. The number of carbonyl (C=O) groups excluding carboxylic acids is 3. The van der Waals surface area contributed by atoms with Crippen molar-refractivity contribution in [2.24, 2.45) is 0 Å². The molecule has 2 aliphatic rings. The molecular formula is C21H30N4O4. The van der Waals surface area contributed by atoms with E-state index in [0.717, 1.165) is 30.8 Å². The van der Waals surface area contributed by atoms with E-state index >= 15 is 0 Å². The Morgan fingerprint density at radius 1 is 1.28 bits per heavy atom. The molecule has 0 radical (unpaired) electrons. The van der Waals surface area contributed by atoms with E-state index in [1.165, 1.54) is 11.3 Å². The van der Waals surface area contributed by atoms with Gasteiger partial charge < -0.3 is 15.4 Å². The van der Waals surface area contributed by atoms with Gasteiger partial charge in [0.15, 0.2) is 0 Å². The van der Waals surface area contributed by atoms with Gasteiger partial charge in [-0.15, -0.1) is 0 Å². The van der Waals surface area contributed by atoms with Crippen molar-refractivity contribution in [1.29, 1.82) is 0 Å². The topological polar surface area (TPSA) is 91.0 Å². The zero-order valence-electron chi connectivity index (χ0n) is 17.1. The highest BCUT2D eigenvalue weighted by atomic mass is 16.5. The fraction of sp³-hybridized carbons (Fsp3) is 0.571. The standard InChI is InChI=1S/C21H30N4O4/c1-3-24-12-4-5-16(24)13-22-19(26)11-10-18-20(27)25(21(28)23-18)14-15-6-8-17(29-2)9-7-15/h6-9,16,18H,3-5,10-14H2,1-2H3,(H,22,26)(H,23,28)/t16-,18-/m0/s1. The maximum Gasteiger partial charge on any atom is 0.325 e. The van der Waals surface area contributed by atoms with E-state index in [1.807, 2.05) is 12.1 Å². The van der Waals surface area contributed by atoms with Crippen molar-refractivity contribution < 1.29 is 19.1 Å². The van der Waals surface area contributed by atoms with Crippen LogP contribution in [0.4, 0.5) is 4.79 Å². The Labute approximate surface area is 171 Å². The molecule has 2 heterocycles. The molecule has 0 spiro atoms. The number of hydrogen-bond donors (Lipinski definition) is 2. The molecule has 8 nitrogen and oxygen atoms in total. The normalized spacial score (nSPS) is 22.1. The molecular weight excluding hydrogens is 372 g/mol. The summed E-state index contributed by atoms with van der Waals surface area (Å²) in [6, 6.07) is 6.56. The molecule has 2 atom stereocenters. The van der Waals surface area contributed by atoms with Gasteiger partial charge in [0.05, 0.1) is 13.7 Å². The van der Waals surface area contributed by atoms with E-state index in [9.17, 15) is 14.4 Å². The summed E-state index contributed by atoms with van der Waals surface area (Å²) in [6.07, 6.45) is 2.79. The second kappa shape index (κ2) is 9.73. The quantitative estimate of drug-likeness (QED) is 0.611. The SMILES string of the molecule is CCN1CCC[C@H]1CNC(=O)CC[C@@H]1NC(=O)N(Cc2ccc(OC)cc2)C1=O. The van der Waals surface area contributed by atoms with Crippen LogP contribution in [-0.2, 0) is 16.1 Å². The summed E-state index contributed by atoms with van der Waals surface area (Å²) in [6.45, 7) is 5.05. The predicted molar refractivity (Wildman–Crippen MR) is 108 cm³/mol. The van der Waals surface area contributed by atoms with Gasteiger partial charge in [0.2, 0.25) is 5.91 Å². The van der Waals surface area contributed by atoms with Crippen molar-refractivity contribution in [2.75, 3.05) is 26.7 Å². The second-order valence-electron chi connectivity index (χ2n) is 7.54. The monoisotopic (exact) mass is 402 g/mol. The minimum absolute atomic E-state index is 0.0800. The van der Waals surface area contributed by atoms with Crippen LogP contribution in [0.2, 0.25) is 0 Å². The summed E-state index contributed by atoms with van der Waals surface area (Å²) in [4.78, 5) is 40.5. The zero-order valence-corrected chi connectivity index (χ0v) is 17.1. The number of amides is 4. The van der Waals surface area contributed by atoms with Crippen LogP contribution in [0.1, 0.15) is 38.2 Å². The number of urea groups is 1. The van der Waals surface area contributed by atoms with Gasteiger partial charge in [-0.3, -0.25) is 19.4 Å². The number of benzene rings is 1. The molecule has 0 saturated carbocycles. The summed E-state index contributed by atoms with van der Waals surface area (Å²) in [5, 5.41) is 5.66. The largest absolute Gasteiger partial charge is 0.497 e. The van der Waals surface area contributed by atoms with Crippen molar-refractivity contribution in [1.82, 2.24) is 20.4 Å². The first kappa shape index (κ1) is 21.1. The lowest BCUT2D eigenvalue weighted by Crippen LogP contribution is -2.40. The molecule has 2 aliphatic heterocycles. The lowest BCUT2D eigenvalue weighted by Gasteiger charge is -2.22. The molecule has 0 aromatic heterocycles. The van der Waals surface area contributed by atoms with Crippen LogP contribution >= 0.6 is 0 Å². The fourth-order valence-corrected chi connectivity index (χ4v) is 3.97. The number of imide groups is 1. The molecule has 3 rings (SSSR count). The highest BCUT2D eigenvalue weighted by Crippen LogP contribution is 2.18. The first-order chi connectivity index (χ1) is 14.0. The predicted octanol–water partition coefficient (Wildman–Crippen LogP) is 1.50. The van der Waals surface area contributed by atoms with Gasteiger partial charge in [-0.2, -0.15) is 0 Å².